The van der Waals surface area contributed by atoms with E-state index in [1.54, 1.807) is 176 Å². The topological polar surface area (TPSA) is 327 Å². The molecule has 0 amide bonds. The lowest BCUT2D eigenvalue weighted by Gasteiger charge is -2.13. The molecule has 11 aromatic heterocycles. The number of halogens is 14. The number of nitriles is 2. The molecule has 0 radical (unpaired) electrons. The second-order valence-electron chi connectivity index (χ2n) is 29.2. The van der Waals surface area contributed by atoms with Gasteiger partial charge in [0.2, 0.25) is 0 Å². The van der Waals surface area contributed by atoms with Gasteiger partial charge in [0.25, 0.3) is 0 Å². The van der Waals surface area contributed by atoms with Crippen LogP contribution in [-0.4, -0.2) is 94.2 Å². The van der Waals surface area contributed by atoms with E-state index >= 15 is 0 Å². The first-order valence-electron chi connectivity index (χ1n) is 39.7. The minimum atomic E-state index is -4.60. The molecule has 0 saturated heterocycles. The van der Waals surface area contributed by atoms with E-state index in [4.69, 9.17) is 103 Å². The molecule has 20 rings (SSSR count). The van der Waals surface area contributed by atoms with Gasteiger partial charge < -0.3 is 0 Å². The van der Waals surface area contributed by atoms with Crippen LogP contribution in [-0.2, 0) is 12.4 Å². The van der Waals surface area contributed by atoms with Gasteiger partial charge in [-0.1, -0.05) is 202 Å². The molecule has 39 heteroatoms. The maximum Gasteiger partial charge on any atom is 0.433 e. The molecular formula is C97H49Cl8F6N21O4. The fourth-order valence-electron chi connectivity index (χ4n) is 14.2. The van der Waals surface area contributed by atoms with Crippen LogP contribution in [0.4, 0.5) is 26.3 Å². The summed E-state index contributed by atoms with van der Waals surface area (Å²) in [5.74, 6) is 0. The smallest absolute Gasteiger partial charge is 0.265 e. The lowest BCUT2D eigenvalue weighted by atomic mass is 9.97. The van der Waals surface area contributed by atoms with Crippen LogP contribution in [0.3, 0.4) is 0 Å². The molecular weight excluding hydrogens is 1920 g/mol. The van der Waals surface area contributed by atoms with E-state index in [2.05, 4.69) is 82.2 Å². The molecule has 0 spiro atoms. The van der Waals surface area contributed by atoms with Crippen LogP contribution in [0.1, 0.15) is 22.5 Å². The molecule has 11 heterocycles. The molecule has 664 valence electrons. The summed E-state index contributed by atoms with van der Waals surface area (Å²) in [5, 5.41) is 73.5. The average Bonchev–Trinajstić information content (AvgIpc) is 0.766. The normalized spacial score (nSPS) is 11.3. The van der Waals surface area contributed by atoms with Crippen LogP contribution in [0.15, 0.2) is 317 Å². The van der Waals surface area contributed by atoms with Crippen LogP contribution >= 0.6 is 92.8 Å². The van der Waals surface area contributed by atoms with E-state index in [0.717, 1.165) is 84.0 Å². The van der Waals surface area contributed by atoms with E-state index in [0.29, 0.717) is 119 Å². The standard InChI is InChI=1S/C25H13Cl2N5O.2C24H12Cl2F3N5O.C24H12Cl2N6O/c26-19-9-5-16(6-10-19)21-14-29-32-24(22(21)17-7-11-20(27)12-8-17)31-30-23(25(32)33)18-3-1-15(13-28)2-4-18;25-16-6-1-13(2-7-16)18-12-31-34-22(20(18)14-3-8-17(26)9-4-14)33-32-21(23(34)35)19-10-5-15(11-30-19)24(27,28)29;25-16-6-1-13(2-7-16)18-12-31-34-22(20(18)14-3-8-17(26)9-4-14)33-32-21(23(34)35)15-5-10-19(30-11-15)24(27,28)29;25-17-6-1-14(2-7-17)20-13-29-32-23(21(20)15-3-8-18(26)9-4-15)31-30-22(24(32)33)16-5-10-19(11-27)28-12-16/h1-12,14H;2*1-12H;1-10,12-13H. The Balaban J connectivity index is 0.000000126. The largest absolute Gasteiger partial charge is 0.433 e. The summed E-state index contributed by atoms with van der Waals surface area (Å²) in [5.41, 5.74) is 9.92. The second kappa shape index (κ2) is 39.2. The highest BCUT2D eigenvalue weighted by Gasteiger charge is 2.34. The molecule has 0 saturated carbocycles. The second-order valence-corrected chi connectivity index (χ2v) is 32.7. The van der Waals surface area contributed by atoms with Crippen molar-refractivity contribution in [2.45, 2.75) is 12.4 Å². The van der Waals surface area contributed by atoms with E-state index < -0.39 is 45.8 Å². The molecule has 25 nitrogen and oxygen atoms in total. The first-order valence-corrected chi connectivity index (χ1v) is 42.7. The number of hydrogen-bond donors (Lipinski definition) is 0. The van der Waals surface area contributed by atoms with Crippen LogP contribution < -0.4 is 22.2 Å². The summed E-state index contributed by atoms with van der Waals surface area (Å²) in [7, 11) is 0. The van der Waals surface area contributed by atoms with Gasteiger partial charge in [0, 0.05) is 120 Å². The van der Waals surface area contributed by atoms with Crippen LogP contribution in [0.5, 0.6) is 0 Å². The first-order chi connectivity index (χ1) is 65.5. The molecule has 0 unspecified atom stereocenters. The van der Waals surface area contributed by atoms with Gasteiger partial charge in [-0.05, 0) is 190 Å². The van der Waals surface area contributed by atoms with Crippen molar-refractivity contribution in [2.75, 3.05) is 0 Å². The Morgan fingerprint density at radius 3 is 0.779 bits per heavy atom. The maximum atomic E-state index is 13.3. The Morgan fingerprint density at radius 2 is 0.522 bits per heavy atom. The first kappa shape index (κ1) is 92.1. The quantitative estimate of drug-likeness (QED) is 0.103. The zero-order valence-electron chi connectivity index (χ0n) is 68.6. The van der Waals surface area contributed by atoms with E-state index in [-0.39, 0.29) is 51.0 Å². The van der Waals surface area contributed by atoms with Gasteiger partial charge in [0.1, 0.15) is 17.5 Å². The summed E-state index contributed by atoms with van der Waals surface area (Å²) < 4.78 is 81.8. The Bertz CT molecular complexity index is 7860. The third-order valence-electron chi connectivity index (χ3n) is 20.8. The summed E-state index contributed by atoms with van der Waals surface area (Å²) >= 11 is 48.5. The lowest BCUT2D eigenvalue weighted by molar-refractivity contribution is -0.141. The number of pyridine rings is 3. The van der Waals surface area contributed by atoms with Gasteiger partial charge in [-0.25, -0.2) is 4.98 Å². The van der Waals surface area contributed by atoms with Crippen molar-refractivity contribution in [3.8, 4) is 146 Å². The Labute approximate surface area is 801 Å². The highest BCUT2D eigenvalue weighted by atomic mass is 35.5. The van der Waals surface area contributed by atoms with Crippen molar-refractivity contribution in [3.63, 3.8) is 0 Å². The van der Waals surface area contributed by atoms with Gasteiger partial charge >= 0.3 is 34.6 Å². The van der Waals surface area contributed by atoms with Gasteiger partial charge in [-0.15, -0.1) is 40.8 Å². The van der Waals surface area contributed by atoms with E-state index in [1.807, 2.05) is 66.7 Å². The lowest BCUT2D eigenvalue weighted by Crippen LogP contribution is -2.22. The van der Waals surface area contributed by atoms with Gasteiger partial charge in [0.05, 0.1) is 47.7 Å². The molecule has 0 fully saturated rings. The van der Waals surface area contributed by atoms with E-state index in [1.165, 1.54) is 33.7 Å². The third kappa shape index (κ3) is 19.5. The van der Waals surface area contributed by atoms with Gasteiger partial charge in [-0.2, -0.15) is 75.3 Å². The Kier molecular flexibility index (Phi) is 26.5. The fraction of sp³-hybridized carbons (Fsp3) is 0.0206. The Morgan fingerprint density at radius 1 is 0.250 bits per heavy atom. The molecule has 0 atom stereocenters. The van der Waals surface area contributed by atoms with Crippen molar-refractivity contribution in [1.82, 2.24) is 94.2 Å². The monoisotopic (exact) mass is 1970 g/mol. The molecule has 0 N–H and O–H groups in total. The summed E-state index contributed by atoms with van der Waals surface area (Å²) in [6.07, 6.45) is 0.0997. The molecule has 136 heavy (non-hydrogen) atoms. The zero-order valence-corrected chi connectivity index (χ0v) is 74.7. The van der Waals surface area contributed by atoms with Crippen molar-refractivity contribution < 1.29 is 26.3 Å². The van der Waals surface area contributed by atoms with Crippen molar-refractivity contribution in [2.24, 2.45) is 0 Å². The fourth-order valence-corrected chi connectivity index (χ4v) is 15.2. The van der Waals surface area contributed by atoms with Crippen LogP contribution in [0, 0.1) is 22.7 Å². The summed E-state index contributed by atoms with van der Waals surface area (Å²) in [4.78, 5) is 64.2. The van der Waals surface area contributed by atoms with Crippen molar-refractivity contribution in [1.29, 1.82) is 10.5 Å². The Hall–Kier alpha value is -15.8. The minimum Gasteiger partial charge on any atom is -0.265 e. The van der Waals surface area contributed by atoms with Crippen LogP contribution in [0.25, 0.3) is 157 Å². The third-order valence-corrected chi connectivity index (χ3v) is 22.8. The highest BCUT2D eigenvalue weighted by molar-refractivity contribution is 6.33. The zero-order chi connectivity index (χ0) is 95.4. The molecule has 20 aromatic rings. The molecule has 0 aliphatic heterocycles. The number of nitrogens with zero attached hydrogens (tertiary/aromatic N) is 21. The molecule has 0 aliphatic rings. The van der Waals surface area contributed by atoms with Crippen molar-refractivity contribution in [3.05, 3.63) is 402 Å². The SMILES string of the molecule is N#Cc1ccc(-c2nnc3c(-c4ccc(Cl)cc4)c(-c4ccc(Cl)cc4)cnn3c2=O)cc1.N#Cc1ccc(-c2nnc3c(-c4ccc(Cl)cc4)c(-c4ccc(Cl)cc4)cnn3c2=O)cn1.O=c1c(-c2ccc(C(F)(F)F)cn2)nnc2c(-c3ccc(Cl)cc3)c(-c3ccc(Cl)cc3)cnn12.O=c1c(-c2ccc(C(F)(F)F)nc2)nnc2c(-c3ccc(Cl)cc3)c(-c3ccc(Cl)cc3)cnn12. The number of rotatable bonds is 12. The number of hydrogen-bond acceptors (Lipinski definition) is 21. The number of benzene rings is 9. The summed E-state index contributed by atoms with van der Waals surface area (Å²) in [6, 6.07) is 74.7. The predicted molar refractivity (Wildman–Crippen MR) is 506 cm³/mol. The predicted octanol–water partition coefficient (Wildman–Crippen LogP) is 23.1. The molecule has 0 aliphatic carbocycles. The average molecular weight is 1970 g/mol. The van der Waals surface area contributed by atoms with Crippen LogP contribution in [0.2, 0.25) is 40.2 Å². The minimum absolute atomic E-state index is 0.0541. The molecule has 9 aromatic carbocycles. The number of fused-ring (bicyclic) bond motifs is 4. The van der Waals surface area contributed by atoms with E-state index in [9.17, 15) is 45.5 Å². The highest BCUT2D eigenvalue weighted by Crippen LogP contribution is 2.42. The summed E-state index contributed by atoms with van der Waals surface area (Å²) in [6.45, 7) is 0. The van der Waals surface area contributed by atoms with Gasteiger partial charge in [0.15, 0.2) is 45.4 Å². The maximum absolute atomic E-state index is 13.3. The number of alkyl halides is 6. The van der Waals surface area contributed by atoms with Gasteiger partial charge in [-0.3, -0.25) is 29.1 Å². The molecule has 0 bridgehead atoms. The van der Waals surface area contributed by atoms with Crippen molar-refractivity contribution >= 4 is 115 Å². The number of aromatic nitrogens is 19.